The van der Waals surface area contributed by atoms with Gasteiger partial charge in [0.25, 0.3) is 0 Å². The minimum Gasteiger partial charge on any atom is -0.440 e. The normalized spacial score (nSPS) is 17.3. The van der Waals surface area contributed by atoms with Gasteiger partial charge in [0.2, 0.25) is 0 Å². The van der Waals surface area contributed by atoms with Crippen molar-refractivity contribution in [2.24, 2.45) is 5.41 Å². The summed E-state index contributed by atoms with van der Waals surface area (Å²) in [5, 5.41) is 4.19. The van der Waals surface area contributed by atoms with E-state index >= 15 is 0 Å². The fourth-order valence-electron chi connectivity index (χ4n) is 4.09. The Morgan fingerprint density at radius 3 is 2.45 bits per heavy atom. The zero-order valence-electron chi connectivity index (χ0n) is 17.8. The van der Waals surface area contributed by atoms with Gasteiger partial charge in [0.1, 0.15) is 5.58 Å². The lowest BCUT2D eigenvalue weighted by Crippen LogP contribution is -2.37. The van der Waals surface area contributed by atoms with Crippen LogP contribution < -0.4 is 15.6 Å². The molecule has 29 heavy (non-hydrogen) atoms. The zero-order valence-corrected chi connectivity index (χ0v) is 17.8. The molecule has 2 aromatic carbocycles. The highest BCUT2D eigenvalue weighted by molar-refractivity contribution is 5.82. The molecule has 0 amide bonds. The Kier molecular flexibility index (Phi) is 5.12. The molecule has 2 heterocycles. The van der Waals surface area contributed by atoms with Gasteiger partial charge in [-0.05, 0) is 55.9 Å². The number of rotatable bonds is 4. The molecule has 1 fully saturated rings. The molecule has 1 aromatic heterocycles. The van der Waals surface area contributed by atoms with Gasteiger partial charge in [-0.3, -0.25) is 4.79 Å². The van der Waals surface area contributed by atoms with E-state index in [1.54, 1.807) is 6.07 Å². The molecule has 4 nitrogen and oxygen atoms in total. The molecule has 4 heteroatoms. The van der Waals surface area contributed by atoms with E-state index in [2.05, 4.69) is 37.1 Å². The third-order valence-corrected chi connectivity index (χ3v) is 6.04. The van der Waals surface area contributed by atoms with Crippen LogP contribution in [0, 0.1) is 12.3 Å². The molecule has 0 saturated carbocycles. The number of anilines is 2. The molecular formula is C25H30N2O2. The summed E-state index contributed by atoms with van der Waals surface area (Å²) in [6, 6.07) is 15.9. The van der Waals surface area contributed by atoms with Gasteiger partial charge < -0.3 is 14.6 Å². The summed E-state index contributed by atoms with van der Waals surface area (Å²) in [5.41, 5.74) is 4.20. The summed E-state index contributed by atoms with van der Waals surface area (Å²) in [4.78, 5) is 15.2. The maximum atomic E-state index is 12.9. The Balaban J connectivity index is 1.74. The molecule has 0 bridgehead atoms. The SMILES string of the molecule is Cc1cc([C@@H](C)Nc2ccccc2)c2oc(N3CCC(C)(C)CC3)cc(=O)c2c1. The Morgan fingerprint density at radius 1 is 1.07 bits per heavy atom. The van der Waals surface area contributed by atoms with Crippen molar-refractivity contribution in [1.82, 2.24) is 0 Å². The minimum absolute atomic E-state index is 0.0125. The van der Waals surface area contributed by atoms with E-state index in [1.807, 2.05) is 43.3 Å². The van der Waals surface area contributed by atoms with Crippen LogP contribution in [0.5, 0.6) is 0 Å². The predicted molar refractivity (Wildman–Crippen MR) is 121 cm³/mol. The van der Waals surface area contributed by atoms with Crippen LogP contribution in [-0.4, -0.2) is 13.1 Å². The summed E-state index contributed by atoms with van der Waals surface area (Å²) in [7, 11) is 0. The molecule has 0 aliphatic carbocycles. The van der Waals surface area contributed by atoms with Crippen LogP contribution in [0.2, 0.25) is 0 Å². The van der Waals surface area contributed by atoms with Gasteiger partial charge in [-0.1, -0.05) is 38.1 Å². The Labute approximate surface area is 172 Å². The second-order valence-electron chi connectivity index (χ2n) is 9.06. The molecule has 0 radical (unpaired) electrons. The maximum absolute atomic E-state index is 12.9. The van der Waals surface area contributed by atoms with Crippen molar-refractivity contribution in [3.05, 3.63) is 69.9 Å². The number of nitrogens with one attached hydrogen (secondary N) is 1. The molecule has 1 aliphatic rings. The number of benzene rings is 2. The summed E-state index contributed by atoms with van der Waals surface area (Å²) in [5.74, 6) is 0.690. The first-order chi connectivity index (χ1) is 13.8. The van der Waals surface area contributed by atoms with Crippen LogP contribution >= 0.6 is 0 Å². The number of fused-ring (bicyclic) bond motifs is 1. The summed E-state index contributed by atoms with van der Waals surface area (Å²) in [6.07, 6.45) is 2.20. The zero-order chi connectivity index (χ0) is 20.6. The van der Waals surface area contributed by atoms with Crippen LogP contribution in [0.1, 0.15) is 50.8 Å². The van der Waals surface area contributed by atoms with E-state index < -0.39 is 0 Å². The molecule has 0 spiro atoms. The standard InChI is InChI=1S/C25H30N2O2/c1-17-14-20(18(2)26-19-8-6-5-7-9-19)24-21(15-17)22(28)16-23(29-24)27-12-10-25(3,4)11-13-27/h5-9,14-16,18,26H,10-13H2,1-4H3/t18-/m1/s1. The number of aryl methyl sites for hydroxylation is 1. The molecule has 1 aliphatic heterocycles. The quantitative estimate of drug-likeness (QED) is 0.602. The second-order valence-corrected chi connectivity index (χ2v) is 9.06. The predicted octanol–water partition coefficient (Wildman–Crippen LogP) is 5.90. The monoisotopic (exact) mass is 390 g/mol. The smallest absolute Gasteiger partial charge is 0.200 e. The fourth-order valence-corrected chi connectivity index (χ4v) is 4.09. The fraction of sp³-hybridized carbons (Fsp3) is 0.400. The molecular weight excluding hydrogens is 360 g/mol. The van der Waals surface area contributed by atoms with Crippen molar-refractivity contribution in [3.8, 4) is 0 Å². The molecule has 0 unspecified atom stereocenters. The first-order valence-corrected chi connectivity index (χ1v) is 10.5. The van der Waals surface area contributed by atoms with Crippen molar-refractivity contribution >= 4 is 22.5 Å². The Hall–Kier alpha value is -2.75. The van der Waals surface area contributed by atoms with Gasteiger partial charge in [-0.2, -0.15) is 0 Å². The Morgan fingerprint density at radius 2 is 1.76 bits per heavy atom. The molecule has 3 aromatic rings. The topological polar surface area (TPSA) is 45.5 Å². The van der Waals surface area contributed by atoms with E-state index in [-0.39, 0.29) is 11.5 Å². The van der Waals surface area contributed by atoms with Gasteiger partial charge in [0.15, 0.2) is 11.3 Å². The van der Waals surface area contributed by atoms with E-state index in [0.717, 1.165) is 42.7 Å². The van der Waals surface area contributed by atoms with Crippen LogP contribution in [0.3, 0.4) is 0 Å². The second kappa shape index (κ2) is 7.58. The third-order valence-electron chi connectivity index (χ3n) is 6.04. The van der Waals surface area contributed by atoms with Crippen LogP contribution in [0.4, 0.5) is 11.6 Å². The minimum atomic E-state index is 0.0125. The summed E-state index contributed by atoms with van der Waals surface area (Å²) < 4.78 is 6.38. The van der Waals surface area contributed by atoms with Crippen molar-refractivity contribution < 1.29 is 4.42 Å². The average Bonchev–Trinajstić information content (AvgIpc) is 2.68. The van der Waals surface area contributed by atoms with Crippen molar-refractivity contribution in [1.29, 1.82) is 0 Å². The molecule has 1 saturated heterocycles. The Bertz CT molecular complexity index is 1060. The molecule has 1 N–H and O–H groups in total. The highest BCUT2D eigenvalue weighted by Gasteiger charge is 2.27. The number of para-hydroxylation sites is 1. The molecule has 4 rings (SSSR count). The summed E-state index contributed by atoms with van der Waals surface area (Å²) in [6.45, 7) is 10.6. The number of hydrogen-bond donors (Lipinski definition) is 1. The van der Waals surface area contributed by atoms with E-state index in [1.165, 1.54) is 0 Å². The third kappa shape index (κ3) is 4.16. The van der Waals surface area contributed by atoms with E-state index in [0.29, 0.717) is 22.3 Å². The van der Waals surface area contributed by atoms with E-state index in [4.69, 9.17) is 4.42 Å². The van der Waals surface area contributed by atoms with Crippen molar-refractivity contribution in [3.63, 3.8) is 0 Å². The molecule has 152 valence electrons. The lowest BCUT2D eigenvalue weighted by atomic mass is 9.83. The number of hydrogen-bond acceptors (Lipinski definition) is 4. The van der Waals surface area contributed by atoms with Gasteiger partial charge in [0, 0.05) is 30.4 Å². The van der Waals surface area contributed by atoms with Gasteiger partial charge in [-0.25, -0.2) is 0 Å². The number of piperidine rings is 1. The van der Waals surface area contributed by atoms with Gasteiger partial charge >= 0.3 is 0 Å². The van der Waals surface area contributed by atoms with Crippen molar-refractivity contribution in [2.45, 2.75) is 46.6 Å². The first-order valence-electron chi connectivity index (χ1n) is 10.5. The van der Waals surface area contributed by atoms with E-state index in [9.17, 15) is 4.79 Å². The largest absolute Gasteiger partial charge is 0.440 e. The van der Waals surface area contributed by atoms with Gasteiger partial charge in [0.05, 0.1) is 11.4 Å². The average molecular weight is 391 g/mol. The highest BCUT2D eigenvalue weighted by Crippen LogP contribution is 2.34. The number of nitrogens with zero attached hydrogens (tertiary/aromatic N) is 1. The lowest BCUT2D eigenvalue weighted by molar-refractivity contribution is 0.274. The van der Waals surface area contributed by atoms with Crippen molar-refractivity contribution in [2.75, 3.05) is 23.3 Å². The lowest BCUT2D eigenvalue weighted by Gasteiger charge is -2.37. The first kappa shape index (κ1) is 19.6. The summed E-state index contributed by atoms with van der Waals surface area (Å²) >= 11 is 0. The molecule has 1 atom stereocenters. The van der Waals surface area contributed by atoms with Crippen LogP contribution in [0.25, 0.3) is 11.0 Å². The maximum Gasteiger partial charge on any atom is 0.200 e. The highest BCUT2D eigenvalue weighted by atomic mass is 16.4. The van der Waals surface area contributed by atoms with Crippen LogP contribution in [0.15, 0.2) is 57.7 Å². The van der Waals surface area contributed by atoms with Crippen LogP contribution in [-0.2, 0) is 0 Å². The van der Waals surface area contributed by atoms with Gasteiger partial charge in [-0.15, -0.1) is 0 Å².